The molecule has 1 aliphatic heterocycles. The standard InChI is InChI=1S/C18H20N4O2S/c19-13-17-3-1-2-4-18(17)16-7-5-15(6-8-16)14-21-25(23,24)22-11-9-20-10-12-22/h1-8,20-21H,9-12,14H2. The highest BCUT2D eigenvalue weighted by molar-refractivity contribution is 7.87. The SMILES string of the molecule is N#Cc1ccccc1-c1ccc(CNS(=O)(=O)N2CCNCC2)cc1. The van der Waals surface area contributed by atoms with E-state index in [0.29, 0.717) is 31.7 Å². The van der Waals surface area contributed by atoms with Crippen molar-refractivity contribution in [3.63, 3.8) is 0 Å². The van der Waals surface area contributed by atoms with Gasteiger partial charge < -0.3 is 5.32 Å². The molecule has 7 heteroatoms. The van der Waals surface area contributed by atoms with Crippen LogP contribution in [-0.4, -0.2) is 38.9 Å². The largest absolute Gasteiger partial charge is 0.314 e. The van der Waals surface area contributed by atoms with Crippen LogP contribution in [0.4, 0.5) is 0 Å². The highest BCUT2D eigenvalue weighted by Crippen LogP contribution is 2.23. The molecule has 0 aliphatic carbocycles. The Bertz CT molecular complexity index is 867. The maximum atomic E-state index is 12.3. The van der Waals surface area contributed by atoms with Gasteiger partial charge in [0.1, 0.15) is 0 Å². The zero-order valence-electron chi connectivity index (χ0n) is 13.8. The van der Waals surface area contributed by atoms with Crippen LogP contribution in [0.1, 0.15) is 11.1 Å². The zero-order valence-corrected chi connectivity index (χ0v) is 14.6. The maximum absolute atomic E-state index is 12.3. The summed E-state index contributed by atoms with van der Waals surface area (Å²) in [5, 5.41) is 12.3. The van der Waals surface area contributed by atoms with Gasteiger partial charge in [0.25, 0.3) is 10.2 Å². The quantitative estimate of drug-likeness (QED) is 0.849. The van der Waals surface area contributed by atoms with Gasteiger partial charge in [0.2, 0.25) is 0 Å². The number of hydrogen-bond acceptors (Lipinski definition) is 4. The molecule has 130 valence electrons. The number of hydrogen-bond donors (Lipinski definition) is 2. The Morgan fingerprint density at radius 3 is 2.44 bits per heavy atom. The predicted molar refractivity (Wildman–Crippen MR) is 96.8 cm³/mol. The second kappa shape index (κ2) is 7.76. The van der Waals surface area contributed by atoms with Gasteiger partial charge in [0.15, 0.2) is 0 Å². The lowest BCUT2D eigenvalue weighted by Crippen LogP contribution is -2.50. The van der Waals surface area contributed by atoms with Crippen LogP contribution in [0.3, 0.4) is 0 Å². The first-order valence-corrected chi connectivity index (χ1v) is 9.58. The van der Waals surface area contributed by atoms with Crippen molar-refractivity contribution < 1.29 is 8.42 Å². The number of nitrogens with one attached hydrogen (secondary N) is 2. The average molecular weight is 356 g/mol. The monoisotopic (exact) mass is 356 g/mol. The summed E-state index contributed by atoms with van der Waals surface area (Å²) in [7, 11) is -3.45. The Kier molecular flexibility index (Phi) is 5.46. The minimum Gasteiger partial charge on any atom is -0.314 e. The van der Waals surface area contributed by atoms with Crippen molar-refractivity contribution >= 4 is 10.2 Å². The molecular formula is C18H20N4O2S. The number of nitriles is 1. The third-order valence-electron chi connectivity index (χ3n) is 4.19. The van der Waals surface area contributed by atoms with E-state index in [0.717, 1.165) is 16.7 Å². The van der Waals surface area contributed by atoms with Gasteiger partial charge in [-0.05, 0) is 22.8 Å². The molecule has 0 spiro atoms. The van der Waals surface area contributed by atoms with Gasteiger partial charge >= 0.3 is 0 Å². The molecule has 1 heterocycles. The molecule has 0 aromatic heterocycles. The van der Waals surface area contributed by atoms with Crippen LogP contribution in [0, 0.1) is 11.3 Å². The summed E-state index contributed by atoms with van der Waals surface area (Å²) < 4.78 is 28.7. The van der Waals surface area contributed by atoms with Crippen LogP contribution in [0.2, 0.25) is 0 Å². The summed E-state index contributed by atoms with van der Waals surface area (Å²) >= 11 is 0. The van der Waals surface area contributed by atoms with E-state index in [9.17, 15) is 13.7 Å². The first kappa shape index (κ1) is 17.6. The van der Waals surface area contributed by atoms with E-state index in [1.54, 1.807) is 6.07 Å². The number of piperazine rings is 1. The topological polar surface area (TPSA) is 85.2 Å². The molecule has 1 aliphatic rings. The smallest absolute Gasteiger partial charge is 0.279 e. The van der Waals surface area contributed by atoms with E-state index in [2.05, 4.69) is 16.1 Å². The van der Waals surface area contributed by atoms with Gasteiger partial charge in [-0.15, -0.1) is 0 Å². The van der Waals surface area contributed by atoms with Crippen LogP contribution in [0.5, 0.6) is 0 Å². The Morgan fingerprint density at radius 2 is 1.76 bits per heavy atom. The van der Waals surface area contributed by atoms with Gasteiger partial charge in [0.05, 0.1) is 11.6 Å². The Morgan fingerprint density at radius 1 is 1.08 bits per heavy atom. The summed E-state index contributed by atoms with van der Waals surface area (Å²) in [5.41, 5.74) is 3.30. The lowest BCUT2D eigenvalue weighted by molar-refractivity contribution is 0.354. The molecule has 1 fully saturated rings. The van der Waals surface area contributed by atoms with Crippen molar-refractivity contribution in [2.75, 3.05) is 26.2 Å². The molecule has 2 aromatic rings. The van der Waals surface area contributed by atoms with Gasteiger partial charge in [-0.2, -0.15) is 22.7 Å². The molecule has 0 saturated carbocycles. The Hall–Kier alpha value is -2.24. The molecule has 3 rings (SSSR count). The van der Waals surface area contributed by atoms with Crippen molar-refractivity contribution in [1.29, 1.82) is 5.26 Å². The zero-order chi connectivity index (χ0) is 17.7. The van der Waals surface area contributed by atoms with Crippen molar-refractivity contribution in [1.82, 2.24) is 14.3 Å². The molecule has 25 heavy (non-hydrogen) atoms. The van der Waals surface area contributed by atoms with E-state index in [1.807, 2.05) is 42.5 Å². The third kappa shape index (κ3) is 4.24. The van der Waals surface area contributed by atoms with Crippen molar-refractivity contribution in [2.45, 2.75) is 6.54 Å². The van der Waals surface area contributed by atoms with Crippen molar-refractivity contribution in [2.24, 2.45) is 0 Å². The van der Waals surface area contributed by atoms with Crippen LogP contribution < -0.4 is 10.0 Å². The first-order chi connectivity index (χ1) is 12.1. The summed E-state index contributed by atoms with van der Waals surface area (Å²) in [5.74, 6) is 0. The maximum Gasteiger partial charge on any atom is 0.279 e. The first-order valence-electron chi connectivity index (χ1n) is 8.14. The number of rotatable bonds is 5. The van der Waals surface area contributed by atoms with Gasteiger partial charge in [-0.3, -0.25) is 0 Å². The van der Waals surface area contributed by atoms with Gasteiger partial charge in [-0.25, -0.2) is 0 Å². The van der Waals surface area contributed by atoms with Crippen LogP contribution in [-0.2, 0) is 16.8 Å². The molecule has 2 aromatic carbocycles. The molecule has 0 bridgehead atoms. The van der Waals surface area contributed by atoms with Crippen molar-refractivity contribution in [3.8, 4) is 17.2 Å². The van der Waals surface area contributed by atoms with Gasteiger partial charge in [-0.1, -0.05) is 42.5 Å². The average Bonchev–Trinajstić information content (AvgIpc) is 2.67. The van der Waals surface area contributed by atoms with Crippen LogP contribution in [0.15, 0.2) is 48.5 Å². The van der Waals surface area contributed by atoms with Crippen molar-refractivity contribution in [3.05, 3.63) is 59.7 Å². The van der Waals surface area contributed by atoms with Crippen LogP contribution in [0.25, 0.3) is 11.1 Å². The van der Waals surface area contributed by atoms with E-state index in [1.165, 1.54) is 4.31 Å². The highest BCUT2D eigenvalue weighted by atomic mass is 32.2. The lowest BCUT2D eigenvalue weighted by atomic mass is 9.99. The lowest BCUT2D eigenvalue weighted by Gasteiger charge is -2.26. The molecule has 0 amide bonds. The summed E-state index contributed by atoms with van der Waals surface area (Å²) in [6, 6.07) is 17.2. The molecule has 6 nitrogen and oxygen atoms in total. The molecule has 0 radical (unpaired) electrons. The molecular weight excluding hydrogens is 336 g/mol. The van der Waals surface area contributed by atoms with E-state index in [-0.39, 0.29) is 6.54 Å². The summed E-state index contributed by atoms with van der Waals surface area (Å²) in [6.07, 6.45) is 0. The summed E-state index contributed by atoms with van der Waals surface area (Å²) in [6.45, 7) is 2.56. The fourth-order valence-electron chi connectivity index (χ4n) is 2.78. The Labute approximate surface area is 148 Å². The molecule has 0 atom stereocenters. The molecule has 1 saturated heterocycles. The predicted octanol–water partition coefficient (Wildman–Crippen LogP) is 1.46. The third-order valence-corrected chi connectivity index (χ3v) is 5.74. The fraction of sp³-hybridized carbons (Fsp3) is 0.278. The minimum absolute atomic E-state index is 0.242. The highest BCUT2D eigenvalue weighted by Gasteiger charge is 2.22. The fourth-order valence-corrected chi connectivity index (χ4v) is 3.98. The minimum atomic E-state index is -3.45. The molecule has 0 unspecified atom stereocenters. The van der Waals surface area contributed by atoms with E-state index >= 15 is 0 Å². The second-order valence-corrected chi connectivity index (χ2v) is 7.58. The van der Waals surface area contributed by atoms with Crippen LogP contribution >= 0.6 is 0 Å². The normalized spacial score (nSPS) is 15.6. The number of nitrogens with zero attached hydrogens (tertiary/aromatic N) is 2. The van der Waals surface area contributed by atoms with E-state index in [4.69, 9.17) is 0 Å². The van der Waals surface area contributed by atoms with Gasteiger partial charge in [0, 0.05) is 32.7 Å². The Balaban J connectivity index is 1.68. The second-order valence-electron chi connectivity index (χ2n) is 5.83. The summed E-state index contributed by atoms with van der Waals surface area (Å²) in [4.78, 5) is 0. The molecule has 2 N–H and O–H groups in total. The number of benzene rings is 2. The van der Waals surface area contributed by atoms with E-state index < -0.39 is 10.2 Å².